The van der Waals surface area contributed by atoms with E-state index in [0.717, 1.165) is 23.5 Å². The van der Waals surface area contributed by atoms with Gasteiger partial charge in [0, 0.05) is 17.0 Å². The minimum absolute atomic E-state index is 0.121. The molecule has 1 heterocycles. The number of aliphatic hydroxyl groups excluding tert-OH is 1. The lowest BCUT2D eigenvalue weighted by Crippen LogP contribution is -2.26. The lowest BCUT2D eigenvalue weighted by Gasteiger charge is -2.29. The van der Waals surface area contributed by atoms with Gasteiger partial charge in [0.15, 0.2) is 0 Å². The van der Waals surface area contributed by atoms with Crippen molar-refractivity contribution in [3.8, 4) is 5.75 Å². The van der Waals surface area contributed by atoms with E-state index < -0.39 is 6.10 Å². The highest BCUT2D eigenvalue weighted by Crippen LogP contribution is 2.37. The zero-order valence-corrected chi connectivity index (χ0v) is 10.7. The predicted octanol–water partition coefficient (Wildman–Crippen LogP) is 3.28. The Morgan fingerprint density at radius 3 is 3.12 bits per heavy atom. The van der Waals surface area contributed by atoms with Crippen molar-refractivity contribution in [2.75, 3.05) is 12.0 Å². The van der Waals surface area contributed by atoms with E-state index in [-0.39, 0.29) is 6.10 Å². The summed E-state index contributed by atoms with van der Waals surface area (Å²) < 4.78 is 5.83. The summed E-state index contributed by atoms with van der Waals surface area (Å²) in [5, 5.41) is 10.7. The zero-order valence-electron chi connectivity index (χ0n) is 9.15. The molecule has 4 heteroatoms. The molecule has 1 unspecified atom stereocenters. The predicted molar refractivity (Wildman–Crippen MR) is 68.4 cm³/mol. The molecule has 0 aromatic heterocycles. The van der Waals surface area contributed by atoms with Gasteiger partial charge in [0.25, 0.3) is 0 Å². The van der Waals surface area contributed by atoms with E-state index in [1.54, 1.807) is 23.9 Å². The van der Waals surface area contributed by atoms with Crippen molar-refractivity contribution >= 4 is 23.4 Å². The molecule has 88 valence electrons. The summed E-state index contributed by atoms with van der Waals surface area (Å²) in [5.41, 5.74) is 0.813. The van der Waals surface area contributed by atoms with Crippen LogP contribution in [0.25, 0.3) is 0 Å². The number of hydrogen-bond donors (Lipinski definition) is 1. The Balaban J connectivity index is 2.13. The van der Waals surface area contributed by atoms with E-state index in [0.29, 0.717) is 11.4 Å². The quantitative estimate of drug-likeness (QED) is 0.902. The molecule has 0 amide bonds. The van der Waals surface area contributed by atoms with Crippen molar-refractivity contribution < 1.29 is 9.84 Å². The molecular weight excluding hydrogens is 244 g/mol. The van der Waals surface area contributed by atoms with Crippen LogP contribution < -0.4 is 4.74 Å². The van der Waals surface area contributed by atoms with Gasteiger partial charge in [-0.25, -0.2) is 0 Å². The molecule has 1 N–H and O–H groups in total. The number of rotatable bonds is 3. The van der Waals surface area contributed by atoms with E-state index >= 15 is 0 Å². The molecule has 1 aromatic rings. The molecule has 0 bridgehead atoms. The van der Waals surface area contributed by atoms with Crippen molar-refractivity contribution in [3.05, 3.63) is 28.8 Å². The van der Waals surface area contributed by atoms with Gasteiger partial charge in [0.05, 0.1) is 6.10 Å². The fraction of sp³-hybridized carbons (Fsp3) is 0.500. The minimum atomic E-state index is -0.450. The first kappa shape index (κ1) is 12.1. The summed E-state index contributed by atoms with van der Waals surface area (Å²) in [5.74, 6) is 1.83. The normalized spacial score (nSPS) is 23.7. The first-order valence-electron chi connectivity index (χ1n) is 5.34. The van der Waals surface area contributed by atoms with Crippen LogP contribution in [0.3, 0.4) is 0 Å². The van der Waals surface area contributed by atoms with Gasteiger partial charge in [0.1, 0.15) is 11.9 Å². The summed E-state index contributed by atoms with van der Waals surface area (Å²) in [6.07, 6.45) is 3.38. The van der Waals surface area contributed by atoms with Gasteiger partial charge in [-0.1, -0.05) is 11.6 Å². The standard InChI is InChI=1S/C12H15ClO2S/c1-16-5-4-9-7-11(14)10-6-8(13)2-3-12(10)15-9/h2-3,6,9,11,14H,4-5,7H2,1H3/t9?,11-/m0/s1. The van der Waals surface area contributed by atoms with E-state index in [1.165, 1.54) is 0 Å². The first-order chi connectivity index (χ1) is 7.70. The molecule has 1 aliphatic heterocycles. The molecule has 0 radical (unpaired) electrons. The van der Waals surface area contributed by atoms with Crippen LogP contribution in [0.2, 0.25) is 5.02 Å². The van der Waals surface area contributed by atoms with Crippen LogP contribution in [0.1, 0.15) is 24.5 Å². The van der Waals surface area contributed by atoms with Crippen LogP contribution in [0.5, 0.6) is 5.75 Å². The molecule has 0 spiro atoms. The molecule has 16 heavy (non-hydrogen) atoms. The van der Waals surface area contributed by atoms with E-state index in [9.17, 15) is 5.11 Å². The molecular formula is C12H15ClO2S. The number of benzene rings is 1. The number of aliphatic hydroxyl groups is 1. The fourth-order valence-electron chi connectivity index (χ4n) is 1.92. The van der Waals surface area contributed by atoms with Crippen LogP contribution in [0.4, 0.5) is 0 Å². The van der Waals surface area contributed by atoms with Gasteiger partial charge < -0.3 is 9.84 Å². The lowest BCUT2D eigenvalue weighted by molar-refractivity contribution is 0.0648. The maximum Gasteiger partial charge on any atom is 0.125 e. The first-order valence-corrected chi connectivity index (χ1v) is 7.11. The lowest BCUT2D eigenvalue weighted by atomic mass is 9.98. The summed E-state index contributed by atoms with van der Waals surface area (Å²) in [4.78, 5) is 0. The van der Waals surface area contributed by atoms with Gasteiger partial charge in [-0.2, -0.15) is 11.8 Å². The van der Waals surface area contributed by atoms with Gasteiger partial charge in [-0.3, -0.25) is 0 Å². The molecule has 0 saturated heterocycles. The molecule has 0 aliphatic carbocycles. The Morgan fingerprint density at radius 1 is 1.56 bits per heavy atom. The third kappa shape index (κ3) is 2.65. The van der Waals surface area contributed by atoms with Crippen molar-refractivity contribution in [2.45, 2.75) is 25.0 Å². The van der Waals surface area contributed by atoms with Crippen LogP contribution in [-0.4, -0.2) is 23.2 Å². The Hall–Kier alpha value is -0.380. The minimum Gasteiger partial charge on any atom is -0.490 e. The summed E-state index contributed by atoms with van der Waals surface area (Å²) in [6.45, 7) is 0. The summed E-state index contributed by atoms with van der Waals surface area (Å²) >= 11 is 7.69. The van der Waals surface area contributed by atoms with Crippen LogP contribution in [0.15, 0.2) is 18.2 Å². The number of halogens is 1. The maximum atomic E-state index is 10.0. The maximum absolute atomic E-state index is 10.0. The van der Waals surface area contributed by atoms with Crippen molar-refractivity contribution in [1.82, 2.24) is 0 Å². The summed E-state index contributed by atoms with van der Waals surface area (Å²) in [6, 6.07) is 5.42. The largest absolute Gasteiger partial charge is 0.490 e. The highest BCUT2D eigenvalue weighted by Gasteiger charge is 2.26. The van der Waals surface area contributed by atoms with Crippen molar-refractivity contribution in [2.24, 2.45) is 0 Å². The van der Waals surface area contributed by atoms with Crippen molar-refractivity contribution in [1.29, 1.82) is 0 Å². The number of hydrogen-bond acceptors (Lipinski definition) is 3. The third-order valence-electron chi connectivity index (χ3n) is 2.75. The zero-order chi connectivity index (χ0) is 11.5. The Bertz CT molecular complexity index is 370. The molecule has 2 rings (SSSR count). The van der Waals surface area contributed by atoms with E-state index in [1.807, 2.05) is 6.07 Å². The van der Waals surface area contributed by atoms with E-state index in [4.69, 9.17) is 16.3 Å². The monoisotopic (exact) mass is 258 g/mol. The van der Waals surface area contributed by atoms with Crippen LogP contribution in [-0.2, 0) is 0 Å². The smallest absolute Gasteiger partial charge is 0.125 e. The SMILES string of the molecule is CSCCC1C[C@H](O)c2cc(Cl)ccc2O1. The molecule has 2 nitrogen and oxygen atoms in total. The van der Waals surface area contributed by atoms with Gasteiger partial charge in [0.2, 0.25) is 0 Å². The number of fused-ring (bicyclic) bond motifs is 1. The molecule has 2 atom stereocenters. The average Bonchev–Trinajstić information content (AvgIpc) is 2.27. The molecule has 1 aromatic carbocycles. The van der Waals surface area contributed by atoms with E-state index in [2.05, 4.69) is 6.26 Å². The van der Waals surface area contributed by atoms with Gasteiger partial charge in [-0.15, -0.1) is 0 Å². The van der Waals surface area contributed by atoms with Crippen LogP contribution in [0, 0.1) is 0 Å². The molecule has 0 fully saturated rings. The molecule has 0 saturated carbocycles. The second kappa shape index (κ2) is 5.30. The van der Waals surface area contributed by atoms with Crippen LogP contribution >= 0.6 is 23.4 Å². The Labute approximate surface area is 105 Å². The highest BCUT2D eigenvalue weighted by molar-refractivity contribution is 7.98. The van der Waals surface area contributed by atoms with Gasteiger partial charge in [-0.05, 0) is 36.6 Å². The number of ether oxygens (including phenoxy) is 1. The third-order valence-corrected chi connectivity index (χ3v) is 3.63. The average molecular weight is 259 g/mol. The molecule has 1 aliphatic rings. The topological polar surface area (TPSA) is 29.5 Å². The number of thioether (sulfide) groups is 1. The summed E-state index contributed by atoms with van der Waals surface area (Å²) in [7, 11) is 0. The second-order valence-corrected chi connectivity index (χ2v) is 5.38. The second-order valence-electron chi connectivity index (χ2n) is 3.95. The van der Waals surface area contributed by atoms with Crippen molar-refractivity contribution in [3.63, 3.8) is 0 Å². The fourth-order valence-corrected chi connectivity index (χ4v) is 2.60. The highest BCUT2D eigenvalue weighted by atomic mass is 35.5. The Kier molecular flexibility index (Phi) is 4.00. The Morgan fingerprint density at radius 2 is 2.38 bits per heavy atom. The van der Waals surface area contributed by atoms with Gasteiger partial charge >= 0.3 is 0 Å².